The lowest BCUT2D eigenvalue weighted by Gasteiger charge is -2.31. The van der Waals surface area contributed by atoms with E-state index in [1.54, 1.807) is 7.11 Å². The van der Waals surface area contributed by atoms with Crippen LogP contribution in [-0.4, -0.2) is 36.2 Å². The second kappa shape index (κ2) is 7.41. The predicted octanol–water partition coefficient (Wildman–Crippen LogP) is 2.52. The van der Waals surface area contributed by atoms with E-state index in [-0.39, 0.29) is 0 Å². The average Bonchev–Trinajstić information content (AvgIpc) is 2.41. The Hall–Kier alpha value is -1.39. The number of hydrogen-bond acceptors (Lipinski definition) is 3. The van der Waals surface area contributed by atoms with Crippen LogP contribution in [0.25, 0.3) is 0 Å². The van der Waals surface area contributed by atoms with Gasteiger partial charge in [0.15, 0.2) is 0 Å². The minimum Gasteiger partial charge on any atom is -0.481 e. The lowest BCUT2D eigenvalue weighted by atomic mass is 9.93. The van der Waals surface area contributed by atoms with E-state index < -0.39 is 5.97 Å². The normalized spacial score (nSPS) is 17.2. The Bertz CT molecular complexity index is 439. The maximum atomic E-state index is 10.7. The lowest BCUT2D eigenvalue weighted by Crippen LogP contribution is -2.33. The van der Waals surface area contributed by atoms with Gasteiger partial charge >= 0.3 is 5.97 Å². The topological polar surface area (TPSA) is 49.8 Å². The molecular weight excluding hydrogens is 254 g/mol. The number of benzene rings is 1. The summed E-state index contributed by atoms with van der Waals surface area (Å²) in [6.07, 6.45) is 2.30. The van der Waals surface area contributed by atoms with E-state index in [9.17, 15) is 4.79 Å². The number of aliphatic carboxylic acids is 1. The number of ether oxygens (including phenoxy) is 1. The van der Waals surface area contributed by atoms with Gasteiger partial charge in [-0.05, 0) is 43.0 Å². The Kier molecular flexibility index (Phi) is 5.56. The van der Waals surface area contributed by atoms with Crippen LogP contribution < -0.4 is 0 Å². The van der Waals surface area contributed by atoms with Crippen molar-refractivity contribution in [2.45, 2.75) is 32.4 Å². The number of carboxylic acids is 1. The van der Waals surface area contributed by atoms with Crippen molar-refractivity contribution in [3.63, 3.8) is 0 Å². The van der Waals surface area contributed by atoms with E-state index in [4.69, 9.17) is 9.84 Å². The van der Waals surface area contributed by atoms with Gasteiger partial charge in [0.25, 0.3) is 0 Å². The molecule has 0 spiro atoms. The van der Waals surface area contributed by atoms with Crippen LogP contribution in [0.15, 0.2) is 24.3 Å². The standard InChI is InChI=1S/C16H23NO3/c1-20-12-15-4-2-3-14(9-15)11-17-7-5-13(6-8-17)10-16(18)19/h2-4,9,13H,5-8,10-12H2,1H3,(H,18,19). The molecule has 0 aliphatic carbocycles. The number of hydrogen-bond donors (Lipinski definition) is 1. The molecule has 0 saturated carbocycles. The van der Waals surface area contributed by atoms with Crippen LogP contribution in [0, 0.1) is 5.92 Å². The van der Waals surface area contributed by atoms with E-state index in [2.05, 4.69) is 29.2 Å². The number of rotatable bonds is 6. The Morgan fingerprint density at radius 2 is 2.05 bits per heavy atom. The van der Waals surface area contributed by atoms with E-state index >= 15 is 0 Å². The first kappa shape index (κ1) is 15.0. The summed E-state index contributed by atoms with van der Waals surface area (Å²) < 4.78 is 5.15. The lowest BCUT2D eigenvalue weighted by molar-refractivity contribution is -0.138. The summed E-state index contributed by atoms with van der Waals surface area (Å²) in [5.41, 5.74) is 2.50. The number of likely N-dealkylation sites (tertiary alicyclic amines) is 1. The summed E-state index contributed by atoms with van der Waals surface area (Å²) in [4.78, 5) is 13.1. The Morgan fingerprint density at radius 1 is 1.35 bits per heavy atom. The first-order valence-electron chi connectivity index (χ1n) is 7.18. The van der Waals surface area contributed by atoms with Gasteiger partial charge in [-0.2, -0.15) is 0 Å². The first-order valence-corrected chi connectivity index (χ1v) is 7.18. The summed E-state index contributed by atoms with van der Waals surface area (Å²) in [5, 5.41) is 8.82. The molecule has 0 aromatic heterocycles. The molecule has 4 nitrogen and oxygen atoms in total. The number of nitrogens with zero attached hydrogens (tertiary/aromatic N) is 1. The molecule has 1 aliphatic rings. The van der Waals surface area contributed by atoms with Crippen LogP contribution in [0.5, 0.6) is 0 Å². The highest BCUT2D eigenvalue weighted by Gasteiger charge is 2.21. The van der Waals surface area contributed by atoms with Gasteiger partial charge in [-0.25, -0.2) is 0 Å². The number of piperidine rings is 1. The molecule has 0 bridgehead atoms. The third-order valence-corrected chi connectivity index (χ3v) is 3.88. The monoisotopic (exact) mass is 277 g/mol. The minimum absolute atomic E-state index is 0.317. The zero-order valence-electron chi connectivity index (χ0n) is 12.0. The van der Waals surface area contributed by atoms with E-state index in [0.717, 1.165) is 32.5 Å². The van der Waals surface area contributed by atoms with Crippen LogP contribution >= 0.6 is 0 Å². The molecule has 2 rings (SSSR count). The van der Waals surface area contributed by atoms with Crippen molar-refractivity contribution in [1.82, 2.24) is 4.90 Å². The number of carboxylic acid groups (broad SMARTS) is 1. The fourth-order valence-corrected chi connectivity index (χ4v) is 2.84. The summed E-state index contributed by atoms with van der Waals surface area (Å²) >= 11 is 0. The van der Waals surface area contributed by atoms with Crippen molar-refractivity contribution in [1.29, 1.82) is 0 Å². The molecule has 1 aliphatic heterocycles. The zero-order valence-corrected chi connectivity index (χ0v) is 12.0. The van der Waals surface area contributed by atoms with Crippen molar-refractivity contribution in [2.24, 2.45) is 5.92 Å². The first-order chi connectivity index (χ1) is 9.67. The van der Waals surface area contributed by atoms with Gasteiger partial charge < -0.3 is 9.84 Å². The molecule has 110 valence electrons. The predicted molar refractivity (Wildman–Crippen MR) is 77.4 cm³/mol. The van der Waals surface area contributed by atoms with Gasteiger partial charge in [0, 0.05) is 20.1 Å². The molecule has 1 N–H and O–H groups in total. The van der Waals surface area contributed by atoms with Gasteiger partial charge in [0.05, 0.1) is 6.61 Å². The third kappa shape index (κ3) is 4.62. The highest BCUT2D eigenvalue weighted by atomic mass is 16.5. The highest BCUT2D eigenvalue weighted by Crippen LogP contribution is 2.22. The summed E-state index contributed by atoms with van der Waals surface area (Å²) in [6.45, 7) is 3.57. The van der Waals surface area contributed by atoms with Crippen LogP contribution in [-0.2, 0) is 22.7 Å². The molecule has 1 aromatic rings. The molecule has 0 atom stereocenters. The van der Waals surface area contributed by atoms with Crippen molar-refractivity contribution < 1.29 is 14.6 Å². The maximum absolute atomic E-state index is 10.7. The van der Waals surface area contributed by atoms with Crippen LogP contribution in [0.2, 0.25) is 0 Å². The van der Waals surface area contributed by atoms with Gasteiger partial charge in [-0.15, -0.1) is 0 Å². The summed E-state index contributed by atoms with van der Waals surface area (Å²) in [7, 11) is 1.71. The van der Waals surface area contributed by atoms with Crippen molar-refractivity contribution in [2.75, 3.05) is 20.2 Å². The second-order valence-corrected chi connectivity index (χ2v) is 5.57. The Balaban J connectivity index is 1.83. The SMILES string of the molecule is COCc1cccc(CN2CCC(CC(=O)O)CC2)c1. The molecule has 0 radical (unpaired) electrons. The molecule has 0 unspecified atom stereocenters. The van der Waals surface area contributed by atoms with E-state index in [1.165, 1.54) is 11.1 Å². The third-order valence-electron chi connectivity index (χ3n) is 3.88. The van der Waals surface area contributed by atoms with Gasteiger partial charge in [-0.3, -0.25) is 9.69 Å². The largest absolute Gasteiger partial charge is 0.481 e. The second-order valence-electron chi connectivity index (χ2n) is 5.57. The zero-order chi connectivity index (χ0) is 14.4. The molecular formula is C16H23NO3. The van der Waals surface area contributed by atoms with E-state index in [0.29, 0.717) is 18.9 Å². The summed E-state index contributed by atoms with van der Waals surface area (Å²) in [5.74, 6) is -0.320. The molecule has 1 fully saturated rings. The summed E-state index contributed by atoms with van der Waals surface area (Å²) in [6, 6.07) is 8.47. The molecule has 1 saturated heterocycles. The van der Waals surface area contributed by atoms with E-state index in [1.807, 2.05) is 0 Å². The van der Waals surface area contributed by atoms with Crippen LogP contribution in [0.1, 0.15) is 30.4 Å². The number of carbonyl (C=O) groups is 1. The quantitative estimate of drug-likeness (QED) is 0.868. The number of methoxy groups -OCH3 is 1. The van der Waals surface area contributed by atoms with Crippen molar-refractivity contribution >= 4 is 5.97 Å². The van der Waals surface area contributed by atoms with Crippen molar-refractivity contribution in [3.05, 3.63) is 35.4 Å². The van der Waals surface area contributed by atoms with Crippen LogP contribution in [0.4, 0.5) is 0 Å². The molecule has 1 heterocycles. The maximum Gasteiger partial charge on any atom is 0.303 e. The molecule has 4 heteroatoms. The van der Waals surface area contributed by atoms with Crippen molar-refractivity contribution in [3.8, 4) is 0 Å². The fourth-order valence-electron chi connectivity index (χ4n) is 2.84. The highest BCUT2D eigenvalue weighted by molar-refractivity contribution is 5.67. The average molecular weight is 277 g/mol. The molecule has 0 amide bonds. The van der Waals surface area contributed by atoms with Gasteiger partial charge in [0.1, 0.15) is 0 Å². The minimum atomic E-state index is -0.671. The smallest absolute Gasteiger partial charge is 0.303 e. The Morgan fingerprint density at radius 3 is 2.70 bits per heavy atom. The molecule has 20 heavy (non-hydrogen) atoms. The van der Waals surface area contributed by atoms with Crippen LogP contribution in [0.3, 0.4) is 0 Å². The van der Waals surface area contributed by atoms with Gasteiger partial charge in [-0.1, -0.05) is 24.3 Å². The molecule has 1 aromatic carbocycles. The van der Waals surface area contributed by atoms with Gasteiger partial charge in [0.2, 0.25) is 0 Å². The Labute approximate surface area is 120 Å². The fraction of sp³-hybridized carbons (Fsp3) is 0.562.